The van der Waals surface area contributed by atoms with Gasteiger partial charge in [0.2, 0.25) is 11.7 Å². The number of H-pyrrole nitrogens is 1. The van der Waals surface area contributed by atoms with E-state index in [1.807, 2.05) is 53.5 Å². The number of amidine groups is 1. The smallest absolute Gasteiger partial charge is 0.248 e. The quantitative estimate of drug-likeness (QED) is 0.359. The summed E-state index contributed by atoms with van der Waals surface area (Å²) >= 11 is 1.61. The van der Waals surface area contributed by atoms with Crippen LogP contribution in [-0.2, 0) is 17.8 Å². The van der Waals surface area contributed by atoms with E-state index in [9.17, 15) is 4.79 Å². The second kappa shape index (κ2) is 11.3. The Morgan fingerprint density at radius 1 is 0.972 bits per heavy atom. The summed E-state index contributed by atoms with van der Waals surface area (Å²) in [6, 6.07) is 26.4. The van der Waals surface area contributed by atoms with E-state index in [1.54, 1.807) is 11.8 Å². The van der Waals surface area contributed by atoms with Gasteiger partial charge in [-0.05, 0) is 40.3 Å². The fourth-order valence-corrected chi connectivity index (χ4v) is 5.06. The Bertz CT molecular complexity index is 1320. The van der Waals surface area contributed by atoms with E-state index in [0.717, 1.165) is 39.4 Å². The number of benzene rings is 3. The van der Waals surface area contributed by atoms with Crippen molar-refractivity contribution in [3.05, 3.63) is 90.0 Å². The number of hydrogen-bond acceptors (Lipinski definition) is 6. The molecule has 1 atom stereocenters. The standard InChI is InChI=1S/C27H27N7OS/c1-2-25-31-34(27(36-25)28-24(35)17-14-19-8-4-3-5-9-19)18-20-12-15-21(16-13-20)22-10-6-7-11-23(22)26-29-32-33-30-26/h3-13,15-16,25,31H,2,14,17-18H2,1H3,(H,29,30,32,33). The highest BCUT2D eigenvalue weighted by Gasteiger charge is 2.28. The Labute approximate surface area is 214 Å². The molecule has 0 radical (unpaired) electrons. The molecule has 1 saturated heterocycles. The number of carbonyl (C=O) groups excluding carboxylic acids is 1. The molecule has 3 aromatic carbocycles. The number of aryl methyl sites for hydroxylation is 1. The second-order valence-electron chi connectivity index (χ2n) is 8.48. The summed E-state index contributed by atoms with van der Waals surface area (Å²) < 4.78 is 0. The molecule has 1 aliphatic rings. The number of carbonyl (C=O) groups is 1. The van der Waals surface area contributed by atoms with Crippen molar-refractivity contribution in [2.45, 2.75) is 38.1 Å². The highest BCUT2D eigenvalue weighted by atomic mass is 32.2. The predicted molar refractivity (Wildman–Crippen MR) is 143 cm³/mol. The molecule has 5 rings (SSSR count). The maximum Gasteiger partial charge on any atom is 0.248 e. The molecular weight excluding hydrogens is 470 g/mol. The molecule has 1 fully saturated rings. The Kier molecular flexibility index (Phi) is 7.49. The first-order valence-electron chi connectivity index (χ1n) is 12.0. The molecule has 9 heteroatoms. The van der Waals surface area contributed by atoms with Crippen molar-refractivity contribution < 1.29 is 4.79 Å². The van der Waals surface area contributed by atoms with Crippen LogP contribution in [0.15, 0.2) is 83.9 Å². The van der Waals surface area contributed by atoms with Crippen LogP contribution in [0, 0.1) is 0 Å². The average molecular weight is 498 g/mol. The maximum atomic E-state index is 12.6. The third kappa shape index (κ3) is 5.69. The summed E-state index contributed by atoms with van der Waals surface area (Å²) in [6.07, 6.45) is 2.02. The summed E-state index contributed by atoms with van der Waals surface area (Å²) in [5.41, 5.74) is 8.77. The zero-order chi connectivity index (χ0) is 24.7. The van der Waals surface area contributed by atoms with Gasteiger partial charge in [-0.25, -0.2) is 5.43 Å². The summed E-state index contributed by atoms with van der Waals surface area (Å²) in [5.74, 6) is 0.467. The second-order valence-corrected chi connectivity index (χ2v) is 9.65. The lowest BCUT2D eigenvalue weighted by Crippen LogP contribution is -2.37. The van der Waals surface area contributed by atoms with Gasteiger partial charge in [0.25, 0.3) is 0 Å². The minimum Gasteiger partial charge on any atom is -0.281 e. The number of nitrogens with zero attached hydrogens (tertiary/aromatic N) is 5. The highest BCUT2D eigenvalue weighted by molar-refractivity contribution is 8.14. The van der Waals surface area contributed by atoms with Crippen LogP contribution in [0.2, 0.25) is 0 Å². The summed E-state index contributed by atoms with van der Waals surface area (Å²) in [4.78, 5) is 17.1. The van der Waals surface area contributed by atoms with E-state index in [1.165, 1.54) is 0 Å². The molecule has 2 heterocycles. The van der Waals surface area contributed by atoms with E-state index in [0.29, 0.717) is 25.2 Å². The lowest BCUT2D eigenvalue weighted by atomic mass is 9.98. The minimum atomic E-state index is -0.0988. The molecule has 1 aromatic heterocycles. The van der Waals surface area contributed by atoms with Gasteiger partial charge >= 0.3 is 0 Å². The molecule has 0 bridgehead atoms. The molecule has 182 valence electrons. The van der Waals surface area contributed by atoms with Gasteiger partial charge in [-0.1, -0.05) is 97.5 Å². The first kappa shape index (κ1) is 23.9. The Morgan fingerprint density at radius 3 is 2.44 bits per heavy atom. The Hall–Kier alpha value is -3.82. The number of aromatic nitrogens is 4. The van der Waals surface area contributed by atoms with Crippen LogP contribution in [0.25, 0.3) is 22.5 Å². The van der Waals surface area contributed by atoms with Crippen molar-refractivity contribution in [2.24, 2.45) is 4.99 Å². The van der Waals surface area contributed by atoms with E-state index in [2.05, 4.69) is 68.3 Å². The van der Waals surface area contributed by atoms with Gasteiger partial charge in [-0.3, -0.25) is 9.80 Å². The molecule has 8 nitrogen and oxygen atoms in total. The number of thioether (sulfide) groups is 1. The SMILES string of the molecule is CCC1NN(Cc2ccc(-c3ccccc3-c3nn[nH]n3)cc2)C(=NC(=O)CCc2ccccc2)S1. The van der Waals surface area contributed by atoms with Crippen LogP contribution in [0.1, 0.15) is 30.9 Å². The van der Waals surface area contributed by atoms with Gasteiger partial charge in [0.05, 0.1) is 11.9 Å². The van der Waals surface area contributed by atoms with Crippen LogP contribution in [-0.4, -0.2) is 42.1 Å². The third-order valence-corrected chi connectivity index (χ3v) is 7.20. The predicted octanol–water partition coefficient (Wildman–Crippen LogP) is 4.84. The topological polar surface area (TPSA) is 99.2 Å². The largest absolute Gasteiger partial charge is 0.281 e. The van der Waals surface area contributed by atoms with Crippen molar-refractivity contribution in [1.29, 1.82) is 0 Å². The number of aliphatic imine (C=N–C) groups is 1. The lowest BCUT2D eigenvalue weighted by Gasteiger charge is -2.19. The van der Waals surface area contributed by atoms with Crippen LogP contribution in [0.5, 0.6) is 0 Å². The third-order valence-electron chi connectivity index (χ3n) is 5.96. The molecule has 1 aliphatic heterocycles. The summed E-state index contributed by atoms with van der Waals surface area (Å²) in [7, 11) is 0. The molecule has 0 aliphatic carbocycles. The van der Waals surface area contributed by atoms with Gasteiger partial charge in [-0.15, -0.1) is 10.2 Å². The fourth-order valence-electron chi connectivity index (χ4n) is 4.06. The van der Waals surface area contributed by atoms with E-state index < -0.39 is 0 Å². The van der Waals surface area contributed by atoms with E-state index in [-0.39, 0.29) is 11.3 Å². The van der Waals surface area contributed by atoms with Crippen molar-refractivity contribution in [3.8, 4) is 22.5 Å². The summed E-state index contributed by atoms with van der Waals surface area (Å²) in [5, 5.41) is 17.4. The molecule has 36 heavy (non-hydrogen) atoms. The van der Waals surface area contributed by atoms with Crippen LogP contribution in [0.4, 0.5) is 0 Å². The fraction of sp³-hybridized carbons (Fsp3) is 0.222. The molecule has 0 spiro atoms. The normalized spacial score (nSPS) is 16.5. The molecule has 0 saturated carbocycles. The maximum absolute atomic E-state index is 12.6. The number of tetrazole rings is 1. The van der Waals surface area contributed by atoms with E-state index in [4.69, 9.17) is 0 Å². The number of nitrogens with one attached hydrogen (secondary N) is 2. The Balaban J connectivity index is 1.29. The van der Waals surface area contributed by atoms with Crippen LogP contribution >= 0.6 is 11.8 Å². The zero-order valence-electron chi connectivity index (χ0n) is 20.0. The lowest BCUT2D eigenvalue weighted by molar-refractivity contribution is -0.117. The zero-order valence-corrected chi connectivity index (χ0v) is 20.8. The van der Waals surface area contributed by atoms with Crippen molar-refractivity contribution >= 4 is 22.8 Å². The first-order valence-corrected chi connectivity index (χ1v) is 12.9. The van der Waals surface area contributed by atoms with Crippen LogP contribution in [0.3, 0.4) is 0 Å². The molecule has 2 N–H and O–H groups in total. The first-order chi connectivity index (χ1) is 17.7. The average Bonchev–Trinajstić information content (AvgIpc) is 3.59. The van der Waals surface area contributed by atoms with Crippen molar-refractivity contribution in [3.63, 3.8) is 0 Å². The highest BCUT2D eigenvalue weighted by Crippen LogP contribution is 2.30. The van der Waals surface area contributed by atoms with Crippen LogP contribution < -0.4 is 5.43 Å². The Morgan fingerprint density at radius 2 is 1.72 bits per heavy atom. The number of hydrazine groups is 1. The number of amides is 1. The van der Waals surface area contributed by atoms with Gasteiger partial charge in [-0.2, -0.15) is 10.2 Å². The van der Waals surface area contributed by atoms with Crippen molar-refractivity contribution in [2.75, 3.05) is 0 Å². The minimum absolute atomic E-state index is 0.0988. The molecule has 1 unspecified atom stereocenters. The van der Waals surface area contributed by atoms with Gasteiger partial charge in [0.15, 0.2) is 5.17 Å². The molecular formula is C27H27N7OS. The number of rotatable bonds is 8. The summed E-state index contributed by atoms with van der Waals surface area (Å²) in [6.45, 7) is 2.74. The molecule has 4 aromatic rings. The molecule has 1 amide bonds. The monoisotopic (exact) mass is 497 g/mol. The van der Waals surface area contributed by atoms with Gasteiger partial charge in [0, 0.05) is 12.0 Å². The number of aromatic amines is 1. The van der Waals surface area contributed by atoms with Gasteiger partial charge < -0.3 is 0 Å². The van der Waals surface area contributed by atoms with Gasteiger partial charge in [0.1, 0.15) is 0 Å². The van der Waals surface area contributed by atoms with E-state index >= 15 is 0 Å². The number of hydrogen-bond donors (Lipinski definition) is 2. The van der Waals surface area contributed by atoms with Crippen molar-refractivity contribution in [1.82, 2.24) is 31.1 Å².